The van der Waals surface area contributed by atoms with Gasteiger partial charge >= 0.3 is 19.8 Å². The maximum Gasteiger partial charge on any atom is 0.472 e. The predicted molar refractivity (Wildman–Crippen MR) is 385 cm³/mol. The molecule has 0 spiro atoms. The van der Waals surface area contributed by atoms with Crippen LogP contribution in [-0.4, -0.2) is 49.3 Å². The Morgan fingerprint density at radius 3 is 0.921 bits per heavy atom. The fourth-order valence-electron chi connectivity index (χ4n) is 10.9. The van der Waals surface area contributed by atoms with Gasteiger partial charge in [0.05, 0.1) is 13.2 Å². The summed E-state index contributed by atoms with van der Waals surface area (Å²) in [6.07, 6.45) is 101. The molecular formula is C79H142NO8P. The molecule has 0 aromatic heterocycles. The van der Waals surface area contributed by atoms with Gasteiger partial charge in [0.1, 0.15) is 6.61 Å². The Hall–Kier alpha value is -3.07. The van der Waals surface area contributed by atoms with Crippen LogP contribution in [0.15, 0.2) is 97.2 Å². The van der Waals surface area contributed by atoms with Gasteiger partial charge in [-0.05, 0) is 96.3 Å². The van der Waals surface area contributed by atoms with Gasteiger partial charge in [-0.25, -0.2) is 4.57 Å². The standard InChI is InChI=1S/C79H142NO8P/c1-3-5-7-9-11-13-15-17-19-21-23-25-27-29-31-33-34-35-36-37-38-39-40-41-42-44-45-47-49-51-53-55-57-59-61-63-65-67-69-71-78(81)85-75-77(76-87-89(83,84)86-74-73-80)88-79(82)72-70-68-66-64-62-60-58-56-54-52-50-48-46-43-32-30-28-26-24-22-20-18-16-14-12-10-8-6-4-2/h6,8,12,14-15,17-18,20-21,23-24,26,30,32,46,48,77H,3-5,7,9-11,13,16,19,22,25,27-29,31,33-45,47,49-76,80H2,1-2H3,(H,83,84)/b8-6-,14-12-,17-15-,20-18-,23-21-,26-24-,32-30-,48-46-. The molecule has 0 aliphatic carbocycles. The molecule has 0 bridgehead atoms. The summed E-state index contributed by atoms with van der Waals surface area (Å²) in [7, 11) is -4.40. The number of carbonyl (C=O) groups excluding carboxylic acids is 2. The summed E-state index contributed by atoms with van der Waals surface area (Å²) in [5, 5.41) is 0. The van der Waals surface area contributed by atoms with Crippen molar-refractivity contribution in [2.75, 3.05) is 26.4 Å². The Morgan fingerprint density at radius 2 is 0.618 bits per heavy atom. The van der Waals surface area contributed by atoms with Crippen molar-refractivity contribution < 1.29 is 37.6 Å². The molecule has 2 atom stereocenters. The van der Waals surface area contributed by atoms with Crippen LogP contribution in [0.3, 0.4) is 0 Å². The van der Waals surface area contributed by atoms with Crippen LogP contribution in [0, 0.1) is 0 Å². The van der Waals surface area contributed by atoms with Crippen LogP contribution in [0.2, 0.25) is 0 Å². The molecule has 2 unspecified atom stereocenters. The van der Waals surface area contributed by atoms with Crippen molar-refractivity contribution in [1.29, 1.82) is 0 Å². The van der Waals surface area contributed by atoms with Gasteiger partial charge in [-0.15, -0.1) is 0 Å². The van der Waals surface area contributed by atoms with Crippen molar-refractivity contribution in [1.82, 2.24) is 0 Å². The molecule has 0 aromatic rings. The van der Waals surface area contributed by atoms with E-state index in [9.17, 15) is 19.0 Å². The van der Waals surface area contributed by atoms with Crippen molar-refractivity contribution in [2.24, 2.45) is 5.73 Å². The molecule has 0 saturated carbocycles. The molecule has 0 radical (unpaired) electrons. The molecular weight excluding hydrogens is 1120 g/mol. The molecule has 89 heavy (non-hydrogen) atoms. The number of phosphoric acid groups is 1. The number of carbonyl (C=O) groups is 2. The van der Waals surface area contributed by atoms with Crippen molar-refractivity contribution >= 4 is 19.8 Å². The fraction of sp³-hybridized carbons (Fsp3) is 0.772. The number of nitrogens with two attached hydrogens (primary N) is 1. The summed E-state index contributed by atoms with van der Waals surface area (Å²) in [4.78, 5) is 35.4. The maximum atomic E-state index is 12.8. The minimum absolute atomic E-state index is 0.0505. The number of unbranched alkanes of at least 4 members (excludes halogenated alkanes) is 42. The summed E-state index contributed by atoms with van der Waals surface area (Å²) in [5.74, 6) is -0.821. The van der Waals surface area contributed by atoms with E-state index in [1.165, 1.54) is 238 Å². The summed E-state index contributed by atoms with van der Waals surface area (Å²) in [5.41, 5.74) is 5.41. The van der Waals surface area contributed by atoms with Crippen LogP contribution in [-0.2, 0) is 32.7 Å². The van der Waals surface area contributed by atoms with Crippen LogP contribution in [0.25, 0.3) is 0 Å². The quantitative estimate of drug-likeness (QED) is 0.0264. The third-order valence-electron chi connectivity index (χ3n) is 16.5. The molecule has 0 amide bonds. The lowest BCUT2D eigenvalue weighted by atomic mass is 10.0. The van der Waals surface area contributed by atoms with Gasteiger partial charge in [0.2, 0.25) is 0 Å². The molecule has 0 aromatic carbocycles. The Morgan fingerprint density at radius 1 is 0.348 bits per heavy atom. The Balaban J connectivity index is 3.81. The predicted octanol–water partition coefficient (Wildman–Crippen LogP) is 25.1. The first-order valence-electron chi connectivity index (χ1n) is 37.7. The first-order chi connectivity index (χ1) is 43.8. The lowest BCUT2D eigenvalue weighted by molar-refractivity contribution is -0.161. The summed E-state index contributed by atoms with van der Waals surface area (Å²) >= 11 is 0. The van der Waals surface area contributed by atoms with E-state index < -0.39 is 26.5 Å². The molecule has 9 nitrogen and oxygen atoms in total. The van der Waals surface area contributed by atoms with E-state index in [0.29, 0.717) is 6.42 Å². The number of hydrogen-bond donors (Lipinski definition) is 2. The molecule has 0 fully saturated rings. The van der Waals surface area contributed by atoms with Crippen LogP contribution in [0.1, 0.15) is 361 Å². The number of hydrogen-bond acceptors (Lipinski definition) is 8. The first-order valence-corrected chi connectivity index (χ1v) is 39.2. The van der Waals surface area contributed by atoms with E-state index >= 15 is 0 Å². The third kappa shape index (κ3) is 73.9. The average Bonchev–Trinajstić information content (AvgIpc) is 3.68. The number of phosphoric ester groups is 1. The molecule has 10 heteroatoms. The van der Waals surface area contributed by atoms with Gasteiger partial charge in [0.25, 0.3) is 0 Å². The van der Waals surface area contributed by atoms with E-state index in [-0.39, 0.29) is 38.6 Å². The van der Waals surface area contributed by atoms with Gasteiger partial charge in [0.15, 0.2) is 6.10 Å². The highest BCUT2D eigenvalue weighted by molar-refractivity contribution is 7.47. The van der Waals surface area contributed by atoms with E-state index in [4.69, 9.17) is 24.3 Å². The zero-order valence-corrected chi connectivity index (χ0v) is 59.1. The van der Waals surface area contributed by atoms with Gasteiger partial charge in [-0.1, -0.05) is 349 Å². The highest BCUT2D eigenvalue weighted by Gasteiger charge is 2.26. The van der Waals surface area contributed by atoms with E-state index in [1.54, 1.807) is 0 Å². The minimum atomic E-state index is -4.40. The lowest BCUT2D eigenvalue weighted by Crippen LogP contribution is -2.29. The van der Waals surface area contributed by atoms with Crippen LogP contribution in [0.5, 0.6) is 0 Å². The Kier molecular flexibility index (Phi) is 71.4. The molecule has 0 aliphatic heterocycles. The maximum absolute atomic E-state index is 12.8. The zero-order chi connectivity index (χ0) is 64.4. The second-order valence-corrected chi connectivity index (χ2v) is 26.6. The summed E-state index contributed by atoms with van der Waals surface area (Å²) in [6, 6.07) is 0. The number of allylic oxidation sites excluding steroid dienone is 16. The number of rotatable bonds is 71. The summed E-state index contributed by atoms with van der Waals surface area (Å²) < 4.78 is 33.2. The largest absolute Gasteiger partial charge is 0.472 e. The van der Waals surface area contributed by atoms with Crippen LogP contribution < -0.4 is 5.73 Å². The Labute approximate surface area is 550 Å². The van der Waals surface area contributed by atoms with Crippen molar-refractivity contribution in [2.45, 2.75) is 367 Å². The molecule has 0 heterocycles. The molecule has 3 N–H and O–H groups in total. The van der Waals surface area contributed by atoms with Crippen LogP contribution in [0.4, 0.5) is 0 Å². The third-order valence-corrected chi connectivity index (χ3v) is 17.4. The highest BCUT2D eigenvalue weighted by Crippen LogP contribution is 2.43. The Bertz CT molecular complexity index is 1780. The SMILES string of the molecule is CC/C=C\C/C=C\C/C=C\C/C=C\C/C=C\C/C=C\CCCCCCCCCCCCC(=O)OC(COC(=O)CCCCCCCCCCCCCCCCCCCCCCCCCCCCC/C=C\C/C=C\CCCCCCC)COP(=O)(O)OCCN. The normalized spacial score (nSPS) is 13.4. The highest BCUT2D eigenvalue weighted by atomic mass is 31.2. The molecule has 516 valence electrons. The van der Waals surface area contributed by atoms with Gasteiger partial charge in [-0.3, -0.25) is 18.6 Å². The lowest BCUT2D eigenvalue weighted by Gasteiger charge is -2.19. The van der Waals surface area contributed by atoms with E-state index in [1.807, 2.05) is 0 Å². The van der Waals surface area contributed by atoms with Crippen molar-refractivity contribution in [3.8, 4) is 0 Å². The molecule has 0 rings (SSSR count). The fourth-order valence-corrected chi connectivity index (χ4v) is 11.7. The second-order valence-electron chi connectivity index (χ2n) is 25.1. The number of ether oxygens (including phenoxy) is 2. The summed E-state index contributed by atoms with van der Waals surface area (Å²) in [6.45, 7) is 3.66. The average molecular weight is 1260 g/mol. The second kappa shape index (κ2) is 74.0. The van der Waals surface area contributed by atoms with Gasteiger partial charge in [0, 0.05) is 19.4 Å². The molecule has 0 saturated heterocycles. The van der Waals surface area contributed by atoms with E-state index in [0.717, 1.165) is 89.9 Å². The van der Waals surface area contributed by atoms with Gasteiger partial charge in [-0.2, -0.15) is 0 Å². The van der Waals surface area contributed by atoms with Crippen LogP contribution >= 0.6 is 7.82 Å². The first kappa shape index (κ1) is 85.9. The van der Waals surface area contributed by atoms with Crippen molar-refractivity contribution in [3.05, 3.63) is 97.2 Å². The zero-order valence-electron chi connectivity index (χ0n) is 58.2. The molecule has 0 aliphatic rings. The minimum Gasteiger partial charge on any atom is -0.462 e. The monoisotopic (exact) mass is 1260 g/mol. The number of esters is 2. The smallest absolute Gasteiger partial charge is 0.462 e. The topological polar surface area (TPSA) is 134 Å². The van der Waals surface area contributed by atoms with E-state index in [2.05, 4.69) is 111 Å². The van der Waals surface area contributed by atoms with Gasteiger partial charge < -0.3 is 20.1 Å². The van der Waals surface area contributed by atoms with Crippen molar-refractivity contribution in [3.63, 3.8) is 0 Å².